The molecule has 0 atom stereocenters. The first-order valence-corrected chi connectivity index (χ1v) is 5.50. The lowest BCUT2D eigenvalue weighted by Gasteiger charge is -2.24. The summed E-state index contributed by atoms with van der Waals surface area (Å²) in [5.41, 5.74) is 7.07. The topological polar surface area (TPSA) is 75.4 Å². The average Bonchev–Trinajstić information content (AvgIpc) is 2.36. The third-order valence-electron chi connectivity index (χ3n) is 2.78. The van der Waals surface area contributed by atoms with Crippen molar-refractivity contribution in [2.24, 2.45) is 0 Å². The molecule has 0 fully saturated rings. The molecule has 1 aromatic rings. The van der Waals surface area contributed by atoms with Gasteiger partial charge in [-0.1, -0.05) is 6.07 Å². The number of anilines is 2. The SMILES string of the molecule is CC(C)N1CC(=O)Nc2cccc(N)c2C1=O. The van der Waals surface area contributed by atoms with Crippen molar-refractivity contribution in [3.63, 3.8) is 0 Å². The first kappa shape index (κ1) is 11.4. The number of nitrogens with zero attached hydrogens (tertiary/aromatic N) is 1. The predicted molar refractivity (Wildman–Crippen MR) is 65.7 cm³/mol. The quantitative estimate of drug-likeness (QED) is 0.712. The van der Waals surface area contributed by atoms with Gasteiger partial charge in [0.15, 0.2) is 0 Å². The van der Waals surface area contributed by atoms with E-state index in [0.717, 1.165) is 0 Å². The highest BCUT2D eigenvalue weighted by molar-refractivity contribution is 6.11. The molecule has 90 valence electrons. The van der Waals surface area contributed by atoms with Crippen LogP contribution in [-0.2, 0) is 4.79 Å². The van der Waals surface area contributed by atoms with Crippen LogP contribution in [0.3, 0.4) is 0 Å². The molecule has 5 heteroatoms. The van der Waals surface area contributed by atoms with E-state index in [0.29, 0.717) is 16.9 Å². The maximum absolute atomic E-state index is 12.3. The lowest BCUT2D eigenvalue weighted by molar-refractivity contribution is -0.117. The van der Waals surface area contributed by atoms with E-state index in [2.05, 4.69) is 5.32 Å². The Hall–Kier alpha value is -2.04. The highest BCUT2D eigenvalue weighted by Gasteiger charge is 2.29. The van der Waals surface area contributed by atoms with E-state index in [1.807, 2.05) is 13.8 Å². The summed E-state index contributed by atoms with van der Waals surface area (Å²) >= 11 is 0. The van der Waals surface area contributed by atoms with Gasteiger partial charge in [0.1, 0.15) is 6.54 Å². The third-order valence-corrected chi connectivity index (χ3v) is 2.78. The zero-order valence-corrected chi connectivity index (χ0v) is 9.86. The maximum Gasteiger partial charge on any atom is 0.258 e. The van der Waals surface area contributed by atoms with Crippen molar-refractivity contribution in [2.45, 2.75) is 19.9 Å². The van der Waals surface area contributed by atoms with Crippen LogP contribution in [0.1, 0.15) is 24.2 Å². The number of rotatable bonds is 1. The Morgan fingerprint density at radius 3 is 2.71 bits per heavy atom. The highest BCUT2D eigenvalue weighted by Crippen LogP contribution is 2.26. The summed E-state index contributed by atoms with van der Waals surface area (Å²) in [5.74, 6) is -0.400. The van der Waals surface area contributed by atoms with Crippen molar-refractivity contribution in [1.82, 2.24) is 4.90 Å². The number of benzene rings is 1. The minimum Gasteiger partial charge on any atom is -0.398 e. The predicted octanol–water partition coefficient (Wildman–Crippen LogP) is 1.07. The first-order chi connectivity index (χ1) is 8.00. The normalized spacial score (nSPS) is 15.6. The zero-order valence-electron chi connectivity index (χ0n) is 9.86. The van der Waals surface area contributed by atoms with Crippen LogP contribution in [0, 0.1) is 0 Å². The molecule has 0 radical (unpaired) electrons. The molecule has 0 spiro atoms. The maximum atomic E-state index is 12.3. The van der Waals surface area contributed by atoms with Crippen LogP contribution in [0.4, 0.5) is 11.4 Å². The van der Waals surface area contributed by atoms with Crippen LogP contribution in [-0.4, -0.2) is 29.3 Å². The molecule has 1 aromatic carbocycles. The lowest BCUT2D eigenvalue weighted by Crippen LogP contribution is -2.40. The molecule has 0 saturated carbocycles. The standard InChI is InChI=1S/C12H15N3O2/c1-7(2)15-6-10(16)14-9-5-3-4-8(13)11(9)12(15)17/h3-5,7H,6,13H2,1-2H3,(H,14,16). The van der Waals surface area contributed by atoms with Crippen molar-refractivity contribution in [1.29, 1.82) is 0 Å². The Morgan fingerprint density at radius 1 is 1.35 bits per heavy atom. The number of carbonyl (C=O) groups excluding carboxylic acids is 2. The second kappa shape index (κ2) is 4.08. The fourth-order valence-electron chi connectivity index (χ4n) is 1.89. The van der Waals surface area contributed by atoms with Gasteiger partial charge in [-0.25, -0.2) is 0 Å². The molecule has 1 aliphatic heterocycles. The van der Waals surface area contributed by atoms with Crippen LogP contribution >= 0.6 is 0 Å². The van der Waals surface area contributed by atoms with Crippen LogP contribution in [0.5, 0.6) is 0 Å². The number of hydrogen-bond donors (Lipinski definition) is 2. The number of nitrogen functional groups attached to an aromatic ring is 1. The van der Waals surface area contributed by atoms with Crippen LogP contribution in [0.2, 0.25) is 0 Å². The molecule has 0 unspecified atom stereocenters. The molecule has 5 nitrogen and oxygen atoms in total. The van der Waals surface area contributed by atoms with Crippen molar-refractivity contribution < 1.29 is 9.59 Å². The molecule has 2 rings (SSSR count). The largest absolute Gasteiger partial charge is 0.398 e. The zero-order chi connectivity index (χ0) is 12.6. The fourth-order valence-corrected chi connectivity index (χ4v) is 1.89. The molecule has 1 heterocycles. The van der Waals surface area contributed by atoms with Crippen molar-refractivity contribution in [3.05, 3.63) is 23.8 Å². The van der Waals surface area contributed by atoms with Gasteiger partial charge in [0.2, 0.25) is 5.91 Å². The number of nitrogens with two attached hydrogens (primary N) is 1. The Balaban J connectivity index is 2.55. The monoisotopic (exact) mass is 233 g/mol. The summed E-state index contributed by atoms with van der Waals surface area (Å²) in [6.45, 7) is 3.80. The van der Waals surface area contributed by atoms with E-state index in [-0.39, 0.29) is 24.4 Å². The lowest BCUT2D eigenvalue weighted by atomic mass is 10.1. The van der Waals surface area contributed by atoms with Gasteiger partial charge in [-0.3, -0.25) is 9.59 Å². The minimum atomic E-state index is -0.202. The molecule has 2 amide bonds. The average molecular weight is 233 g/mol. The van der Waals surface area contributed by atoms with Crippen molar-refractivity contribution in [3.8, 4) is 0 Å². The van der Waals surface area contributed by atoms with Crippen LogP contribution < -0.4 is 11.1 Å². The number of amides is 2. The van der Waals surface area contributed by atoms with Gasteiger partial charge in [0.25, 0.3) is 5.91 Å². The molecule has 0 aliphatic carbocycles. The summed E-state index contributed by atoms with van der Waals surface area (Å²) in [6, 6.07) is 5.02. The van der Waals surface area contributed by atoms with Crippen LogP contribution in [0.15, 0.2) is 18.2 Å². The third kappa shape index (κ3) is 1.95. The van der Waals surface area contributed by atoms with E-state index in [1.165, 1.54) is 4.90 Å². The smallest absolute Gasteiger partial charge is 0.258 e. The van der Waals surface area contributed by atoms with Gasteiger partial charge in [0.05, 0.1) is 11.3 Å². The van der Waals surface area contributed by atoms with Crippen molar-refractivity contribution >= 4 is 23.2 Å². The van der Waals surface area contributed by atoms with E-state index < -0.39 is 0 Å². The van der Waals surface area contributed by atoms with Crippen molar-refractivity contribution in [2.75, 3.05) is 17.6 Å². The van der Waals surface area contributed by atoms with Gasteiger partial charge in [-0.05, 0) is 26.0 Å². The number of nitrogens with one attached hydrogen (secondary N) is 1. The number of fused-ring (bicyclic) bond motifs is 1. The Labute approximate surface area is 99.6 Å². The fraction of sp³-hybridized carbons (Fsp3) is 0.333. The molecule has 0 aromatic heterocycles. The van der Waals surface area contributed by atoms with Gasteiger partial charge in [0, 0.05) is 11.7 Å². The highest BCUT2D eigenvalue weighted by atomic mass is 16.2. The molecule has 0 bridgehead atoms. The van der Waals surface area contributed by atoms with Gasteiger partial charge < -0.3 is 16.0 Å². The van der Waals surface area contributed by atoms with E-state index >= 15 is 0 Å². The second-order valence-electron chi connectivity index (χ2n) is 4.34. The van der Waals surface area contributed by atoms with E-state index in [1.54, 1.807) is 18.2 Å². The second-order valence-corrected chi connectivity index (χ2v) is 4.34. The van der Waals surface area contributed by atoms with E-state index in [4.69, 9.17) is 5.73 Å². The Morgan fingerprint density at radius 2 is 2.06 bits per heavy atom. The molecule has 17 heavy (non-hydrogen) atoms. The minimum absolute atomic E-state index is 0.0428. The Kier molecular flexibility index (Phi) is 2.75. The summed E-state index contributed by atoms with van der Waals surface area (Å²) in [7, 11) is 0. The van der Waals surface area contributed by atoms with E-state index in [9.17, 15) is 9.59 Å². The van der Waals surface area contributed by atoms with Gasteiger partial charge in [-0.15, -0.1) is 0 Å². The molecular formula is C12H15N3O2. The van der Waals surface area contributed by atoms with Gasteiger partial charge >= 0.3 is 0 Å². The summed E-state index contributed by atoms with van der Waals surface area (Å²) < 4.78 is 0. The van der Waals surface area contributed by atoms with Gasteiger partial charge in [-0.2, -0.15) is 0 Å². The molecular weight excluding hydrogens is 218 g/mol. The summed E-state index contributed by atoms with van der Waals surface area (Å²) in [4.78, 5) is 25.5. The summed E-state index contributed by atoms with van der Waals surface area (Å²) in [5, 5.41) is 2.70. The molecule has 0 saturated heterocycles. The van der Waals surface area contributed by atoms with Crippen LogP contribution in [0.25, 0.3) is 0 Å². The summed E-state index contributed by atoms with van der Waals surface area (Å²) in [6.07, 6.45) is 0. The molecule has 1 aliphatic rings. The molecule has 3 N–H and O–H groups in total. The first-order valence-electron chi connectivity index (χ1n) is 5.50. The number of carbonyl (C=O) groups is 2. The number of hydrogen-bond acceptors (Lipinski definition) is 3. The Bertz CT molecular complexity index is 483.